The molecule has 0 saturated carbocycles. The number of aliphatic carboxylic acids is 2. The summed E-state index contributed by atoms with van der Waals surface area (Å²) in [5.74, 6) is -1.77. The van der Waals surface area contributed by atoms with Gasteiger partial charge in [0.25, 0.3) is 0 Å². The van der Waals surface area contributed by atoms with Gasteiger partial charge in [-0.15, -0.1) is 0 Å². The van der Waals surface area contributed by atoms with Gasteiger partial charge in [0.05, 0.1) is 6.42 Å². The number of rotatable bonds is 5. The molecule has 0 aliphatic heterocycles. The van der Waals surface area contributed by atoms with E-state index in [1.165, 1.54) is 0 Å². The third kappa shape index (κ3) is 3.73. The molecule has 86 valence electrons. The van der Waals surface area contributed by atoms with Crippen molar-refractivity contribution in [2.75, 3.05) is 0 Å². The van der Waals surface area contributed by atoms with E-state index in [9.17, 15) is 9.59 Å². The average molecular weight is 222 g/mol. The number of aryl methyl sites for hydroxylation is 2. The second kappa shape index (κ2) is 5.30. The predicted octanol–water partition coefficient (Wildman–Crippen LogP) is 1.64. The molecule has 0 radical (unpaired) electrons. The quantitative estimate of drug-likeness (QED) is 0.794. The molecule has 0 unspecified atom stereocenters. The first-order chi connectivity index (χ1) is 7.49. The van der Waals surface area contributed by atoms with Crippen molar-refractivity contribution >= 4 is 11.9 Å². The van der Waals surface area contributed by atoms with E-state index in [-0.39, 0.29) is 12.8 Å². The second-order valence-electron chi connectivity index (χ2n) is 3.74. The van der Waals surface area contributed by atoms with Gasteiger partial charge in [-0.1, -0.05) is 23.8 Å². The van der Waals surface area contributed by atoms with Gasteiger partial charge < -0.3 is 10.2 Å². The lowest BCUT2D eigenvalue weighted by atomic mass is 9.98. The van der Waals surface area contributed by atoms with Crippen molar-refractivity contribution in [3.63, 3.8) is 0 Å². The van der Waals surface area contributed by atoms with Gasteiger partial charge in [0.2, 0.25) is 0 Å². The molecule has 0 aliphatic rings. The fraction of sp³-hybridized carbons (Fsp3) is 0.333. The SMILES string of the molecule is Cc1ccc(CCC(=O)O)c(CC(=O)O)c1. The topological polar surface area (TPSA) is 74.6 Å². The highest BCUT2D eigenvalue weighted by atomic mass is 16.4. The molecule has 0 aromatic heterocycles. The van der Waals surface area contributed by atoms with Crippen LogP contribution in [-0.2, 0) is 22.4 Å². The minimum atomic E-state index is -0.901. The fourth-order valence-electron chi connectivity index (χ4n) is 1.57. The third-order valence-electron chi connectivity index (χ3n) is 2.31. The molecule has 0 spiro atoms. The van der Waals surface area contributed by atoms with Crippen LogP contribution < -0.4 is 0 Å². The maximum absolute atomic E-state index is 10.7. The Morgan fingerprint density at radius 2 is 1.81 bits per heavy atom. The van der Waals surface area contributed by atoms with Crippen molar-refractivity contribution in [2.24, 2.45) is 0 Å². The molecule has 4 nitrogen and oxygen atoms in total. The molecule has 0 amide bonds. The highest BCUT2D eigenvalue weighted by molar-refractivity contribution is 5.71. The molecule has 0 saturated heterocycles. The Bertz CT molecular complexity index is 409. The van der Waals surface area contributed by atoms with E-state index >= 15 is 0 Å². The van der Waals surface area contributed by atoms with E-state index in [0.717, 1.165) is 11.1 Å². The van der Waals surface area contributed by atoms with Crippen LogP contribution in [0.2, 0.25) is 0 Å². The van der Waals surface area contributed by atoms with Gasteiger partial charge in [-0.2, -0.15) is 0 Å². The summed E-state index contributed by atoms with van der Waals surface area (Å²) in [6, 6.07) is 5.46. The van der Waals surface area contributed by atoms with Crippen LogP contribution in [0.1, 0.15) is 23.1 Å². The fourth-order valence-corrected chi connectivity index (χ4v) is 1.57. The molecule has 2 N–H and O–H groups in total. The van der Waals surface area contributed by atoms with Crippen molar-refractivity contribution in [1.82, 2.24) is 0 Å². The van der Waals surface area contributed by atoms with E-state index in [2.05, 4.69) is 0 Å². The van der Waals surface area contributed by atoms with E-state index in [1.54, 1.807) is 12.1 Å². The Kier molecular flexibility index (Phi) is 4.05. The van der Waals surface area contributed by atoms with Crippen LogP contribution in [0, 0.1) is 6.92 Å². The molecule has 0 atom stereocenters. The van der Waals surface area contributed by atoms with Crippen LogP contribution in [0.3, 0.4) is 0 Å². The summed E-state index contributed by atoms with van der Waals surface area (Å²) in [5, 5.41) is 17.3. The summed E-state index contributed by atoms with van der Waals surface area (Å²) in [4.78, 5) is 21.1. The van der Waals surface area contributed by atoms with Gasteiger partial charge in [0.1, 0.15) is 0 Å². The van der Waals surface area contributed by atoms with Gasteiger partial charge in [0, 0.05) is 6.42 Å². The molecule has 0 aliphatic carbocycles. The third-order valence-corrected chi connectivity index (χ3v) is 2.31. The average Bonchev–Trinajstić information content (AvgIpc) is 2.15. The Labute approximate surface area is 93.5 Å². The van der Waals surface area contributed by atoms with Gasteiger partial charge in [-0.25, -0.2) is 0 Å². The first kappa shape index (κ1) is 12.2. The smallest absolute Gasteiger partial charge is 0.307 e. The lowest BCUT2D eigenvalue weighted by Gasteiger charge is -2.07. The highest BCUT2D eigenvalue weighted by Gasteiger charge is 2.08. The zero-order valence-electron chi connectivity index (χ0n) is 9.06. The summed E-state index contributed by atoms with van der Waals surface area (Å²) >= 11 is 0. The van der Waals surface area contributed by atoms with Gasteiger partial charge in [-0.05, 0) is 24.5 Å². The molecular weight excluding hydrogens is 208 g/mol. The van der Waals surface area contributed by atoms with E-state index in [4.69, 9.17) is 10.2 Å². The molecular formula is C12H14O4. The normalized spacial score (nSPS) is 10.1. The number of carboxylic acid groups (broad SMARTS) is 2. The van der Waals surface area contributed by atoms with Crippen LogP contribution in [0.4, 0.5) is 0 Å². The molecule has 0 heterocycles. The maximum Gasteiger partial charge on any atom is 0.307 e. The Balaban J connectivity index is 2.88. The largest absolute Gasteiger partial charge is 0.481 e. The van der Waals surface area contributed by atoms with Crippen molar-refractivity contribution in [3.05, 3.63) is 34.9 Å². The summed E-state index contributed by atoms with van der Waals surface area (Å²) in [6.07, 6.45) is 0.338. The Morgan fingerprint density at radius 3 is 2.38 bits per heavy atom. The monoisotopic (exact) mass is 222 g/mol. The van der Waals surface area contributed by atoms with E-state index in [0.29, 0.717) is 12.0 Å². The summed E-state index contributed by atoms with van der Waals surface area (Å²) in [5.41, 5.74) is 2.49. The zero-order valence-corrected chi connectivity index (χ0v) is 9.06. The van der Waals surface area contributed by atoms with Crippen molar-refractivity contribution < 1.29 is 19.8 Å². The first-order valence-electron chi connectivity index (χ1n) is 5.01. The highest BCUT2D eigenvalue weighted by Crippen LogP contribution is 2.14. The summed E-state index contributed by atoms with van der Waals surface area (Å²) in [6.45, 7) is 1.88. The lowest BCUT2D eigenvalue weighted by Crippen LogP contribution is -2.06. The second-order valence-corrected chi connectivity index (χ2v) is 3.74. The van der Waals surface area contributed by atoms with Crippen LogP contribution in [0.25, 0.3) is 0 Å². The molecule has 0 bridgehead atoms. The number of benzene rings is 1. The molecule has 16 heavy (non-hydrogen) atoms. The Morgan fingerprint density at radius 1 is 1.12 bits per heavy atom. The molecule has 1 aromatic carbocycles. The summed E-state index contributed by atoms with van der Waals surface area (Å²) < 4.78 is 0. The van der Waals surface area contributed by atoms with Gasteiger partial charge in [-0.3, -0.25) is 9.59 Å². The summed E-state index contributed by atoms with van der Waals surface area (Å²) in [7, 11) is 0. The van der Waals surface area contributed by atoms with Gasteiger partial charge in [0.15, 0.2) is 0 Å². The van der Waals surface area contributed by atoms with Crippen molar-refractivity contribution in [2.45, 2.75) is 26.2 Å². The number of carbonyl (C=O) groups is 2. The van der Waals surface area contributed by atoms with Crippen molar-refractivity contribution in [1.29, 1.82) is 0 Å². The maximum atomic E-state index is 10.7. The molecule has 0 fully saturated rings. The van der Waals surface area contributed by atoms with E-state index < -0.39 is 11.9 Å². The minimum Gasteiger partial charge on any atom is -0.481 e. The number of hydrogen-bond acceptors (Lipinski definition) is 2. The van der Waals surface area contributed by atoms with Gasteiger partial charge >= 0.3 is 11.9 Å². The standard InChI is InChI=1S/C12H14O4/c1-8-2-3-9(4-5-11(13)14)10(6-8)7-12(15)16/h2-3,6H,4-5,7H2,1H3,(H,13,14)(H,15,16). The lowest BCUT2D eigenvalue weighted by molar-refractivity contribution is -0.137. The molecule has 1 rings (SSSR count). The number of hydrogen-bond donors (Lipinski definition) is 2. The zero-order chi connectivity index (χ0) is 12.1. The molecule has 4 heteroatoms. The van der Waals surface area contributed by atoms with Crippen LogP contribution >= 0.6 is 0 Å². The van der Waals surface area contributed by atoms with Crippen LogP contribution in [0.5, 0.6) is 0 Å². The predicted molar refractivity (Wildman–Crippen MR) is 58.5 cm³/mol. The Hall–Kier alpha value is -1.84. The van der Waals surface area contributed by atoms with Crippen LogP contribution in [0.15, 0.2) is 18.2 Å². The molecule has 1 aromatic rings. The van der Waals surface area contributed by atoms with E-state index in [1.807, 2.05) is 13.0 Å². The number of carboxylic acids is 2. The first-order valence-corrected chi connectivity index (χ1v) is 5.01. The van der Waals surface area contributed by atoms with Crippen molar-refractivity contribution in [3.8, 4) is 0 Å². The van der Waals surface area contributed by atoms with Crippen LogP contribution in [-0.4, -0.2) is 22.2 Å². The minimum absolute atomic E-state index is 0.0235.